The van der Waals surface area contributed by atoms with Crippen molar-refractivity contribution in [1.82, 2.24) is 30.4 Å². The first-order valence-electron chi connectivity index (χ1n) is 6.86. The molecule has 0 radical (unpaired) electrons. The average molecular weight is 288 g/mol. The minimum Gasteiger partial charge on any atom is -0.251 e. The van der Waals surface area contributed by atoms with Gasteiger partial charge in [-0.3, -0.25) is 4.98 Å². The van der Waals surface area contributed by atoms with Crippen molar-refractivity contribution in [2.45, 2.75) is 6.92 Å². The smallest absolute Gasteiger partial charge is 0.139 e. The van der Waals surface area contributed by atoms with Crippen molar-refractivity contribution in [3.63, 3.8) is 0 Å². The van der Waals surface area contributed by atoms with Gasteiger partial charge in [-0.1, -0.05) is 12.1 Å². The fourth-order valence-corrected chi connectivity index (χ4v) is 2.42. The van der Waals surface area contributed by atoms with Gasteiger partial charge in [0.1, 0.15) is 17.7 Å². The summed E-state index contributed by atoms with van der Waals surface area (Å²) >= 11 is 0. The van der Waals surface area contributed by atoms with Crippen molar-refractivity contribution >= 4 is 10.9 Å². The Balaban J connectivity index is 1.87. The Morgan fingerprint density at radius 1 is 1.00 bits per heavy atom. The zero-order chi connectivity index (χ0) is 14.9. The van der Waals surface area contributed by atoms with Crippen molar-refractivity contribution < 1.29 is 0 Å². The Bertz CT molecular complexity index is 959. The highest BCUT2D eigenvalue weighted by atomic mass is 15.3. The van der Waals surface area contributed by atoms with Gasteiger partial charge in [0.25, 0.3) is 0 Å². The zero-order valence-electron chi connectivity index (χ0n) is 11.9. The summed E-state index contributed by atoms with van der Waals surface area (Å²) in [4.78, 5) is 12.8. The first kappa shape index (κ1) is 12.6. The number of aromatic nitrogens is 6. The number of rotatable bonds is 2. The molecule has 0 atom stereocenters. The van der Waals surface area contributed by atoms with E-state index in [1.54, 1.807) is 12.5 Å². The lowest BCUT2D eigenvalue weighted by molar-refractivity contribution is 0.942. The number of pyridine rings is 1. The van der Waals surface area contributed by atoms with Crippen LogP contribution in [0.25, 0.3) is 33.5 Å². The lowest BCUT2D eigenvalue weighted by Gasteiger charge is -2.03. The van der Waals surface area contributed by atoms with Crippen LogP contribution < -0.4 is 0 Å². The highest BCUT2D eigenvalue weighted by molar-refractivity contribution is 5.85. The second-order valence-corrected chi connectivity index (χ2v) is 4.98. The molecular weight excluding hydrogens is 276 g/mol. The Kier molecular flexibility index (Phi) is 2.86. The van der Waals surface area contributed by atoms with Crippen LogP contribution in [0.5, 0.6) is 0 Å². The molecule has 1 aromatic carbocycles. The summed E-state index contributed by atoms with van der Waals surface area (Å²) in [6, 6.07) is 11.8. The summed E-state index contributed by atoms with van der Waals surface area (Å²) < 4.78 is 0. The minimum absolute atomic E-state index is 0.736. The number of aryl methyl sites for hydroxylation is 1. The Morgan fingerprint density at radius 2 is 1.91 bits per heavy atom. The summed E-state index contributed by atoms with van der Waals surface area (Å²) in [5.41, 5.74) is 5.10. The van der Waals surface area contributed by atoms with Gasteiger partial charge in [-0.15, -0.1) is 0 Å². The number of hydrogen-bond donors (Lipinski definition) is 1. The van der Waals surface area contributed by atoms with E-state index in [-0.39, 0.29) is 0 Å². The second kappa shape index (κ2) is 5.00. The quantitative estimate of drug-likeness (QED) is 0.613. The van der Waals surface area contributed by atoms with Crippen LogP contribution in [0.1, 0.15) is 5.69 Å². The maximum atomic E-state index is 4.52. The molecule has 1 N–H and O–H groups in total. The first-order chi connectivity index (χ1) is 10.8. The molecule has 3 aromatic heterocycles. The number of fused-ring (bicyclic) bond motifs is 1. The van der Waals surface area contributed by atoms with Crippen molar-refractivity contribution in [1.29, 1.82) is 0 Å². The van der Waals surface area contributed by atoms with E-state index in [9.17, 15) is 0 Å². The lowest BCUT2D eigenvalue weighted by atomic mass is 10.1. The van der Waals surface area contributed by atoms with E-state index in [4.69, 9.17) is 0 Å². The minimum atomic E-state index is 0.736. The van der Waals surface area contributed by atoms with Crippen LogP contribution in [0.4, 0.5) is 0 Å². The number of aromatic amines is 1. The molecule has 4 rings (SSSR count). The second-order valence-electron chi connectivity index (χ2n) is 4.98. The third-order valence-corrected chi connectivity index (χ3v) is 3.46. The molecule has 0 saturated heterocycles. The van der Waals surface area contributed by atoms with Crippen molar-refractivity contribution in [2.24, 2.45) is 0 Å². The Morgan fingerprint density at radius 3 is 2.82 bits per heavy atom. The Hall–Kier alpha value is -3.15. The first-order valence-corrected chi connectivity index (χ1v) is 6.86. The molecule has 106 valence electrons. The third-order valence-electron chi connectivity index (χ3n) is 3.46. The lowest BCUT2D eigenvalue weighted by Crippen LogP contribution is -1.90. The summed E-state index contributed by atoms with van der Waals surface area (Å²) in [6.45, 7) is 1.95. The largest absolute Gasteiger partial charge is 0.251 e. The molecule has 0 bridgehead atoms. The fraction of sp³-hybridized carbons (Fsp3) is 0.0625. The van der Waals surface area contributed by atoms with E-state index in [0.717, 1.165) is 39.2 Å². The van der Waals surface area contributed by atoms with Gasteiger partial charge in [0.15, 0.2) is 0 Å². The Labute approximate surface area is 126 Å². The summed E-state index contributed by atoms with van der Waals surface area (Å²) in [5, 5.41) is 12.2. The molecule has 6 nitrogen and oxygen atoms in total. The summed E-state index contributed by atoms with van der Waals surface area (Å²) in [6.07, 6.45) is 3.33. The van der Waals surface area contributed by atoms with Crippen LogP contribution in [0.15, 0.2) is 48.9 Å². The highest BCUT2D eigenvalue weighted by Gasteiger charge is 2.14. The SMILES string of the molecule is Cc1cccc(-c2n[nH]nc2-c2ccc3ncncc3c2)n1. The molecule has 0 unspecified atom stereocenters. The maximum Gasteiger partial charge on any atom is 0.139 e. The molecule has 22 heavy (non-hydrogen) atoms. The molecule has 3 heterocycles. The number of benzene rings is 1. The maximum absolute atomic E-state index is 4.52. The average Bonchev–Trinajstić information content (AvgIpc) is 3.04. The molecule has 0 amide bonds. The summed E-state index contributed by atoms with van der Waals surface area (Å²) in [7, 11) is 0. The predicted molar refractivity (Wildman–Crippen MR) is 82.9 cm³/mol. The van der Waals surface area contributed by atoms with Gasteiger partial charge >= 0.3 is 0 Å². The van der Waals surface area contributed by atoms with E-state index in [2.05, 4.69) is 30.4 Å². The van der Waals surface area contributed by atoms with Crippen LogP contribution >= 0.6 is 0 Å². The normalized spacial score (nSPS) is 11.0. The number of nitrogens with zero attached hydrogens (tertiary/aromatic N) is 5. The van der Waals surface area contributed by atoms with Gasteiger partial charge in [-0.25, -0.2) is 9.97 Å². The molecule has 0 aliphatic rings. The van der Waals surface area contributed by atoms with Gasteiger partial charge in [0.05, 0.1) is 11.2 Å². The third kappa shape index (κ3) is 2.10. The zero-order valence-corrected chi connectivity index (χ0v) is 11.9. The van der Waals surface area contributed by atoms with Gasteiger partial charge < -0.3 is 0 Å². The topological polar surface area (TPSA) is 80.2 Å². The van der Waals surface area contributed by atoms with Crippen LogP contribution in [0.3, 0.4) is 0 Å². The number of H-pyrrole nitrogens is 1. The van der Waals surface area contributed by atoms with E-state index >= 15 is 0 Å². The molecule has 0 saturated carbocycles. The number of hydrogen-bond acceptors (Lipinski definition) is 5. The van der Waals surface area contributed by atoms with E-state index in [1.807, 2.05) is 43.3 Å². The van der Waals surface area contributed by atoms with Gasteiger partial charge in [-0.2, -0.15) is 15.4 Å². The molecule has 4 aromatic rings. The fourth-order valence-electron chi connectivity index (χ4n) is 2.42. The van der Waals surface area contributed by atoms with E-state index in [1.165, 1.54) is 0 Å². The van der Waals surface area contributed by atoms with Crippen LogP contribution in [0.2, 0.25) is 0 Å². The number of nitrogens with one attached hydrogen (secondary N) is 1. The van der Waals surface area contributed by atoms with E-state index < -0.39 is 0 Å². The van der Waals surface area contributed by atoms with Gasteiger partial charge in [0.2, 0.25) is 0 Å². The van der Waals surface area contributed by atoms with E-state index in [0.29, 0.717) is 0 Å². The molecule has 6 heteroatoms. The van der Waals surface area contributed by atoms with Crippen molar-refractivity contribution in [3.8, 4) is 22.6 Å². The van der Waals surface area contributed by atoms with Crippen LogP contribution in [-0.2, 0) is 0 Å². The van der Waals surface area contributed by atoms with Gasteiger partial charge in [-0.05, 0) is 31.2 Å². The van der Waals surface area contributed by atoms with Crippen molar-refractivity contribution in [3.05, 3.63) is 54.6 Å². The summed E-state index contributed by atoms with van der Waals surface area (Å²) in [5.74, 6) is 0. The van der Waals surface area contributed by atoms with Crippen molar-refractivity contribution in [2.75, 3.05) is 0 Å². The molecular formula is C16H12N6. The monoisotopic (exact) mass is 288 g/mol. The molecule has 0 fully saturated rings. The molecule has 0 aliphatic heterocycles. The highest BCUT2D eigenvalue weighted by Crippen LogP contribution is 2.28. The van der Waals surface area contributed by atoms with Crippen LogP contribution in [-0.4, -0.2) is 30.4 Å². The molecule has 0 aliphatic carbocycles. The molecule has 0 spiro atoms. The standard InChI is InChI=1S/C16H12N6/c1-10-3-2-4-14(19-10)16-15(20-22-21-16)11-5-6-13-12(7-11)8-17-9-18-13/h2-9H,1H3,(H,20,21,22). The van der Waals surface area contributed by atoms with Crippen LogP contribution in [0, 0.1) is 6.92 Å². The van der Waals surface area contributed by atoms with Gasteiger partial charge in [0, 0.05) is 22.8 Å². The predicted octanol–water partition coefficient (Wildman–Crippen LogP) is 2.79.